The van der Waals surface area contributed by atoms with Gasteiger partial charge in [0.15, 0.2) is 0 Å². The zero-order valence-electron chi connectivity index (χ0n) is 31.2. The van der Waals surface area contributed by atoms with Gasteiger partial charge in [-0.3, -0.25) is 15.0 Å². The molecule has 310 valence electrons. The van der Waals surface area contributed by atoms with E-state index in [1.165, 1.54) is 29.2 Å². The van der Waals surface area contributed by atoms with Crippen molar-refractivity contribution in [1.29, 1.82) is 5.41 Å². The molecule has 13 nitrogen and oxygen atoms in total. The number of fused-ring (bicyclic) bond motifs is 1. The predicted molar refractivity (Wildman–Crippen MR) is 217 cm³/mol. The number of amides is 4. The summed E-state index contributed by atoms with van der Waals surface area (Å²) in [6.07, 6.45) is 2.70. The molecule has 3 heterocycles. The summed E-state index contributed by atoms with van der Waals surface area (Å²) in [6, 6.07) is 14.2. The van der Waals surface area contributed by atoms with Crippen molar-refractivity contribution in [2.24, 2.45) is 5.73 Å². The number of nitrogens with two attached hydrogens (primary N) is 1. The maximum absolute atomic E-state index is 13.6. The average Bonchev–Trinajstić information content (AvgIpc) is 3.86. The van der Waals surface area contributed by atoms with Crippen LogP contribution < -0.4 is 27.0 Å². The van der Waals surface area contributed by atoms with E-state index in [0.29, 0.717) is 45.8 Å². The maximum Gasteiger partial charge on any atom is 0.490 e. The van der Waals surface area contributed by atoms with Crippen LogP contribution >= 0.6 is 34.9 Å². The lowest BCUT2D eigenvalue weighted by atomic mass is 10.00. The van der Waals surface area contributed by atoms with Crippen LogP contribution in [0, 0.1) is 12.3 Å². The Hall–Kier alpha value is -4.27. The number of benzene rings is 2. The first-order chi connectivity index (χ1) is 26.9. The normalized spacial score (nSPS) is 17.4. The summed E-state index contributed by atoms with van der Waals surface area (Å²) in [5, 5.41) is 27.2. The number of hydrogen-bond acceptors (Lipinski definition) is 10. The molecular formula is C37H45F3N6O7S4. The number of carbonyl (C=O) groups excluding carboxylic acids is 3. The summed E-state index contributed by atoms with van der Waals surface area (Å²) in [5.41, 5.74) is 8.77. The fourth-order valence-corrected chi connectivity index (χ4v) is 11.7. The molecule has 0 radical (unpaired) electrons. The van der Waals surface area contributed by atoms with E-state index in [1.807, 2.05) is 43.0 Å². The number of sulfone groups is 1. The number of thioether (sulfide) groups is 2. The third-order valence-electron chi connectivity index (χ3n) is 9.10. The highest BCUT2D eigenvalue weighted by Gasteiger charge is 2.42. The van der Waals surface area contributed by atoms with Crippen molar-refractivity contribution in [2.45, 2.75) is 95.8 Å². The second-order valence-electron chi connectivity index (χ2n) is 13.3. The molecule has 2 fully saturated rings. The topological polar surface area (TPSA) is 221 Å². The molecule has 2 aliphatic heterocycles. The highest BCUT2D eigenvalue weighted by atomic mass is 32.2. The average molecular weight is 871 g/mol. The van der Waals surface area contributed by atoms with Gasteiger partial charge >= 0.3 is 18.2 Å². The fourth-order valence-electron chi connectivity index (χ4n) is 6.24. The van der Waals surface area contributed by atoms with Crippen LogP contribution in [-0.4, -0.2) is 85.2 Å². The molecule has 2 saturated heterocycles. The zero-order chi connectivity index (χ0) is 41.9. The molecular weight excluding hydrogens is 826 g/mol. The number of nitrogen functional groups attached to an aromatic ring is 1. The van der Waals surface area contributed by atoms with Crippen molar-refractivity contribution >= 4 is 80.0 Å². The van der Waals surface area contributed by atoms with E-state index >= 15 is 0 Å². The van der Waals surface area contributed by atoms with Gasteiger partial charge in [0.1, 0.15) is 5.84 Å². The number of hydrogen-bond donors (Lipinski definition) is 7. The van der Waals surface area contributed by atoms with Crippen LogP contribution in [0.2, 0.25) is 0 Å². The molecule has 0 aliphatic carbocycles. The molecule has 5 rings (SSSR count). The monoisotopic (exact) mass is 870 g/mol. The summed E-state index contributed by atoms with van der Waals surface area (Å²) >= 11 is 4.39. The Kier molecular flexibility index (Phi) is 16.3. The van der Waals surface area contributed by atoms with Crippen LogP contribution in [0.5, 0.6) is 0 Å². The van der Waals surface area contributed by atoms with E-state index in [1.54, 1.807) is 24.5 Å². The number of thiophene rings is 1. The van der Waals surface area contributed by atoms with Crippen molar-refractivity contribution in [3.8, 4) is 11.1 Å². The molecule has 3 atom stereocenters. The van der Waals surface area contributed by atoms with Crippen molar-refractivity contribution in [3.05, 3.63) is 59.0 Å². The van der Waals surface area contributed by atoms with Crippen LogP contribution in [0.3, 0.4) is 0 Å². The lowest BCUT2D eigenvalue weighted by Gasteiger charge is -2.16. The van der Waals surface area contributed by atoms with E-state index in [-0.39, 0.29) is 45.6 Å². The highest BCUT2D eigenvalue weighted by molar-refractivity contribution is 8.01. The molecule has 8 N–H and O–H groups in total. The number of alkyl halides is 3. The SMILES string of the molecule is CSc1sc(C(=N)N)cc1S(=O)(=O)c1cccc(-c2ccc(NC(=O)CCCCCNC(=O)CCCCC3SCC4NC(=O)NC43)cc2C)c1.O=C(O)C(F)(F)F. The standard InChI is InChI=1S/C35H44N6O5S4.C2HF3O2/c1-21-17-23(14-15-25(21)22-9-8-10-24(18-22)50(45,46)29-19-28(33(36)37)49-34(29)47-2)39-31(43)13-4-3-7-16-38-30(42)12-6-5-11-27-32-26(20-48-27)40-35(44)41-32;3-2(4,5)1(6)7/h8-10,14-15,17-19,26-27,32H,3-7,11-13,16,20H2,1-2H3,(H3,36,37)(H,38,42)(H,39,43)(H2,40,41,44);(H,6,7). The van der Waals surface area contributed by atoms with Gasteiger partial charge in [0.05, 0.1) is 31.0 Å². The van der Waals surface area contributed by atoms with Crippen LogP contribution in [0.15, 0.2) is 62.5 Å². The highest BCUT2D eigenvalue weighted by Crippen LogP contribution is 2.38. The van der Waals surface area contributed by atoms with Crippen LogP contribution in [0.1, 0.15) is 61.8 Å². The van der Waals surface area contributed by atoms with Crippen LogP contribution in [0.25, 0.3) is 11.1 Å². The Balaban J connectivity index is 0.000000940. The molecule has 4 amide bonds. The van der Waals surface area contributed by atoms with E-state index in [0.717, 1.165) is 54.5 Å². The Morgan fingerprint density at radius 1 is 1.02 bits per heavy atom. The van der Waals surface area contributed by atoms with Gasteiger partial charge in [0.2, 0.25) is 21.7 Å². The van der Waals surface area contributed by atoms with Crippen molar-refractivity contribution in [3.63, 3.8) is 0 Å². The number of anilines is 1. The minimum atomic E-state index is -5.08. The summed E-state index contributed by atoms with van der Waals surface area (Å²) in [5.74, 6) is -2.01. The maximum atomic E-state index is 13.6. The number of carbonyl (C=O) groups is 4. The number of rotatable bonds is 17. The third-order valence-corrected chi connectivity index (χ3v) is 14.9. The predicted octanol–water partition coefficient (Wildman–Crippen LogP) is 6.54. The number of nitrogens with one attached hydrogen (secondary N) is 5. The van der Waals surface area contributed by atoms with Crippen LogP contribution in [0.4, 0.5) is 23.7 Å². The number of amidine groups is 1. The number of carboxylic acids is 1. The first-order valence-electron chi connectivity index (χ1n) is 17.9. The van der Waals surface area contributed by atoms with Gasteiger partial charge in [-0.05, 0) is 85.9 Å². The smallest absolute Gasteiger partial charge is 0.475 e. The number of urea groups is 1. The Morgan fingerprint density at radius 3 is 2.39 bits per heavy atom. The van der Waals surface area contributed by atoms with Crippen LogP contribution in [-0.2, 0) is 24.2 Å². The van der Waals surface area contributed by atoms with Crippen molar-refractivity contribution in [1.82, 2.24) is 16.0 Å². The number of aryl methyl sites for hydroxylation is 1. The lowest BCUT2D eigenvalue weighted by molar-refractivity contribution is -0.192. The van der Waals surface area contributed by atoms with Gasteiger partial charge < -0.3 is 32.1 Å². The second-order valence-corrected chi connectivity index (χ2v) is 18.6. The van der Waals surface area contributed by atoms with Gasteiger partial charge in [-0.2, -0.15) is 24.9 Å². The Morgan fingerprint density at radius 2 is 1.72 bits per heavy atom. The number of carboxylic acid groups (broad SMARTS) is 1. The molecule has 57 heavy (non-hydrogen) atoms. The van der Waals surface area contributed by atoms with E-state index in [4.69, 9.17) is 21.0 Å². The van der Waals surface area contributed by atoms with Gasteiger partial charge in [0, 0.05) is 36.1 Å². The van der Waals surface area contributed by atoms with Gasteiger partial charge in [0.25, 0.3) is 0 Å². The fraction of sp³-hybridized carbons (Fsp3) is 0.432. The lowest BCUT2D eigenvalue weighted by Crippen LogP contribution is -2.36. The van der Waals surface area contributed by atoms with Gasteiger partial charge in [-0.1, -0.05) is 31.0 Å². The first-order valence-corrected chi connectivity index (χ1v) is 22.5. The van der Waals surface area contributed by atoms with Gasteiger partial charge in [-0.15, -0.1) is 23.1 Å². The van der Waals surface area contributed by atoms with E-state index in [2.05, 4.69) is 21.3 Å². The minimum Gasteiger partial charge on any atom is -0.475 e. The summed E-state index contributed by atoms with van der Waals surface area (Å²) < 4.78 is 59.5. The summed E-state index contributed by atoms with van der Waals surface area (Å²) in [4.78, 5) is 46.0. The second kappa shape index (κ2) is 20.4. The third kappa shape index (κ3) is 12.9. The Labute approximate surface area is 341 Å². The molecule has 0 bridgehead atoms. The largest absolute Gasteiger partial charge is 0.490 e. The molecule has 0 saturated carbocycles. The zero-order valence-corrected chi connectivity index (χ0v) is 34.4. The molecule has 20 heteroatoms. The molecule has 3 aromatic rings. The van der Waals surface area contributed by atoms with Crippen molar-refractivity contribution in [2.75, 3.05) is 23.9 Å². The molecule has 2 aromatic carbocycles. The first kappa shape index (κ1) is 45.4. The number of aliphatic carboxylic acids is 1. The molecule has 0 spiro atoms. The van der Waals surface area contributed by atoms with E-state index in [9.17, 15) is 36.0 Å². The summed E-state index contributed by atoms with van der Waals surface area (Å²) in [7, 11) is -3.84. The quantitative estimate of drug-likeness (QED) is 0.0255. The Bertz CT molecular complexity index is 2060. The number of halogens is 3. The van der Waals surface area contributed by atoms with Crippen molar-refractivity contribution < 1.29 is 45.9 Å². The molecule has 1 aromatic heterocycles. The van der Waals surface area contributed by atoms with E-state index < -0.39 is 22.0 Å². The molecule has 2 aliphatic rings. The number of unbranched alkanes of at least 4 members (excludes halogenated alkanes) is 3. The minimum absolute atomic E-state index is 0.0538. The molecule has 3 unspecified atom stereocenters. The van der Waals surface area contributed by atoms with Gasteiger partial charge in [-0.25, -0.2) is 18.0 Å². The summed E-state index contributed by atoms with van der Waals surface area (Å²) in [6.45, 7) is 2.51.